The van der Waals surface area contributed by atoms with Crippen molar-refractivity contribution in [3.8, 4) is 0 Å². The normalized spacial score (nSPS) is 12.0. The predicted octanol–water partition coefficient (Wildman–Crippen LogP) is 2.72. The van der Waals surface area contributed by atoms with Gasteiger partial charge in [-0.3, -0.25) is 0 Å². The highest BCUT2D eigenvalue weighted by Crippen LogP contribution is 2.18. The van der Waals surface area contributed by atoms with Crippen LogP contribution < -0.4 is 5.73 Å². The zero-order valence-electron chi connectivity index (χ0n) is 11.3. The third-order valence-corrected chi connectivity index (χ3v) is 2.54. The van der Waals surface area contributed by atoms with Gasteiger partial charge in [-0.25, -0.2) is 0 Å². The summed E-state index contributed by atoms with van der Waals surface area (Å²) in [5.41, 5.74) is 5.65. The van der Waals surface area contributed by atoms with E-state index in [9.17, 15) is 0 Å². The molecule has 0 fully saturated rings. The smallest absolute Gasteiger partial charge is 0.226 e. The van der Waals surface area contributed by atoms with Gasteiger partial charge in [-0.15, -0.1) is 0 Å². The molecule has 0 atom stereocenters. The fourth-order valence-corrected chi connectivity index (χ4v) is 1.71. The first kappa shape index (κ1) is 14.2. The minimum absolute atomic E-state index is 0.211. The van der Waals surface area contributed by atoms with E-state index < -0.39 is 0 Å². The van der Waals surface area contributed by atoms with Gasteiger partial charge in [0, 0.05) is 12.8 Å². The maximum atomic E-state index is 5.44. The molecule has 0 amide bonds. The van der Waals surface area contributed by atoms with Crippen molar-refractivity contribution in [2.24, 2.45) is 11.1 Å². The summed E-state index contributed by atoms with van der Waals surface area (Å²) in [6.45, 7) is 7.32. The summed E-state index contributed by atoms with van der Waals surface area (Å²) < 4.78 is 5.23. The first-order valence-electron chi connectivity index (χ1n) is 6.53. The van der Waals surface area contributed by atoms with Gasteiger partial charge < -0.3 is 10.3 Å². The minimum atomic E-state index is 0.211. The lowest BCUT2D eigenvalue weighted by Crippen LogP contribution is -2.10. The maximum Gasteiger partial charge on any atom is 0.226 e. The van der Waals surface area contributed by atoms with E-state index in [0.717, 1.165) is 43.9 Å². The van der Waals surface area contributed by atoms with Crippen LogP contribution in [0.15, 0.2) is 4.52 Å². The van der Waals surface area contributed by atoms with Gasteiger partial charge >= 0.3 is 0 Å². The van der Waals surface area contributed by atoms with Gasteiger partial charge in [-0.1, -0.05) is 38.8 Å². The Morgan fingerprint density at radius 1 is 1.12 bits per heavy atom. The number of nitrogens with zero attached hydrogens (tertiary/aromatic N) is 2. The molecule has 0 spiro atoms. The molecule has 0 saturated heterocycles. The molecule has 1 aromatic heterocycles. The molecule has 0 aromatic carbocycles. The van der Waals surface area contributed by atoms with Crippen molar-refractivity contribution in [1.29, 1.82) is 0 Å². The van der Waals surface area contributed by atoms with Gasteiger partial charge in [0.2, 0.25) is 5.89 Å². The van der Waals surface area contributed by atoms with Crippen LogP contribution in [0.4, 0.5) is 0 Å². The number of hydrogen-bond donors (Lipinski definition) is 1. The quantitative estimate of drug-likeness (QED) is 0.743. The van der Waals surface area contributed by atoms with Crippen LogP contribution in [0.5, 0.6) is 0 Å². The lowest BCUT2D eigenvalue weighted by atomic mass is 9.92. The summed E-state index contributed by atoms with van der Waals surface area (Å²) in [5, 5.41) is 4.01. The third kappa shape index (κ3) is 6.41. The molecule has 0 unspecified atom stereocenters. The molecule has 0 aliphatic carbocycles. The van der Waals surface area contributed by atoms with Crippen LogP contribution in [-0.2, 0) is 12.8 Å². The number of unbranched alkanes of at least 4 members (excludes halogenated alkanes) is 3. The molecular weight excluding hydrogens is 214 g/mol. The Morgan fingerprint density at radius 3 is 2.47 bits per heavy atom. The molecule has 0 radical (unpaired) electrons. The molecule has 4 nitrogen and oxygen atoms in total. The summed E-state index contributed by atoms with van der Waals surface area (Å²) in [4.78, 5) is 4.41. The topological polar surface area (TPSA) is 64.9 Å². The van der Waals surface area contributed by atoms with Crippen molar-refractivity contribution in [2.45, 2.75) is 59.3 Å². The van der Waals surface area contributed by atoms with E-state index in [-0.39, 0.29) is 5.41 Å². The Balaban J connectivity index is 2.26. The molecule has 2 N–H and O–H groups in total. The van der Waals surface area contributed by atoms with Crippen LogP contribution in [0.3, 0.4) is 0 Å². The Morgan fingerprint density at radius 2 is 1.82 bits per heavy atom. The highest BCUT2D eigenvalue weighted by molar-refractivity contribution is 4.90. The molecule has 0 aliphatic rings. The molecule has 17 heavy (non-hydrogen) atoms. The zero-order valence-corrected chi connectivity index (χ0v) is 11.3. The fraction of sp³-hybridized carbons (Fsp3) is 0.846. The van der Waals surface area contributed by atoms with Crippen LogP contribution >= 0.6 is 0 Å². The van der Waals surface area contributed by atoms with E-state index in [1.54, 1.807) is 0 Å². The van der Waals surface area contributed by atoms with Gasteiger partial charge in [0.15, 0.2) is 5.82 Å². The molecule has 4 heteroatoms. The summed E-state index contributed by atoms with van der Waals surface area (Å²) in [7, 11) is 0. The summed E-state index contributed by atoms with van der Waals surface area (Å²) in [5.74, 6) is 1.60. The van der Waals surface area contributed by atoms with E-state index in [4.69, 9.17) is 10.3 Å². The highest BCUT2D eigenvalue weighted by atomic mass is 16.5. The van der Waals surface area contributed by atoms with E-state index in [0.29, 0.717) is 0 Å². The second-order valence-electron chi connectivity index (χ2n) is 5.79. The lowest BCUT2D eigenvalue weighted by Gasteiger charge is -2.14. The number of nitrogens with two attached hydrogens (primary N) is 1. The first-order valence-corrected chi connectivity index (χ1v) is 6.53. The van der Waals surface area contributed by atoms with Crippen LogP contribution in [0.1, 0.15) is 58.2 Å². The Hall–Kier alpha value is -0.900. The van der Waals surface area contributed by atoms with Crippen LogP contribution in [-0.4, -0.2) is 16.7 Å². The van der Waals surface area contributed by atoms with E-state index >= 15 is 0 Å². The second-order valence-corrected chi connectivity index (χ2v) is 5.79. The van der Waals surface area contributed by atoms with E-state index in [1.807, 2.05) is 0 Å². The van der Waals surface area contributed by atoms with Crippen molar-refractivity contribution < 1.29 is 4.52 Å². The summed E-state index contributed by atoms with van der Waals surface area (Å²) in [6, 6.07) is 0. The van der Waals surface area contributed by atoms with Gasteiger partial charge in [-0.05, 0) is 24.8 Å². The summed E-state index contributed by atoms with van der Waals surface area (Å²) >= 11 is 0. The molecule has 98 valence electrons. The van der Waals surface area contributed by atoms with Gasteiger partial charge in [0.25, 0.3) is 0 Å². The van der Waals surface area contributed by atoms with Crippen LogP contribution in [0, 0.1) is 5.41 Å². The van der Waals surface area contributed by atoms with Crippen molar-refractivity contribution in [3.05, 3.63) is 11.7 Å². The molecule has 0 aliphatic heterocycles. The molecule has 0 bridgehead atoms. The van der Waals surface area contributed by atoms with Crippen molar-refractivity contribution in [3.63, 3.8) is 0 Å². The second kappa shape index (κ2) is 6.74. The van der Waals surface area contributed by atoms with Gasteiger partial charge in [0.1, 0.15) is 0 Å². The largest absolute Gasteiger partial charge is 0.339 e. The van der Waals surface area contributed by atoms with E-state index in [2.05, 4.69) is 30.9 Å². The van der Waals surface area contributed by atoms with E-state index in [1.165, 1.54) is 12.8 Å². The molecule has 1 rings (SSSR count). The standard InChI is InChI=1S/C13H25N3O/c1-13(2,3)10-11-15-12(17-16-11)8-6-4-5-7-9-14/h4-10,14H2,1-3H3. The van der Waals surface area contributed by atoms with Crippen LogP contribution in [0.2, 0.25) is 0 Å². The molecule has 0 saturated carbocycles. The third-order valence-electron chi connectivity index (χ3n) is 2.54. The zero-order chi connectivity index (χ0) is 12.7. The Labute approximate surface area is 104 Å². The number of hydrogen-bond acceptors (Lipinski definition) is 4. The monoisotopic (exact) mass is 239 g/mol. The lowest BCUT2D eigenvalue weighted by molar-refractivity contribution is 0.352. The first-order chi connectivity index (χ1) is 8.01. The van der Waals surface area contributed by atoms with Crippen molar-refractivity contribution >= 4 is 0 Å². The molecule has 1 heterocycles. The van der Waals surface area contributed by atoms with Crippen LogP contribution in [0.25, 0.3) is 0 Å². The average Bonchev–Trinajstić information content (AvgIpc) is 2.63. The Bertz CT molecular complexity index is 315. The molecule has 1 aromatic rings. The Kier molecular flexibility index (Phi) is 5.62. The predicted molar refractivity (Wildman–Crippen MR) is 68.7 cm³/mol. The highest BCUT2D eigenvalue weighted by Gasteiger charge is 2.15. The SMILES string of the molecule is CC(C)(C)Cc1noc(CCCCCCN)n1. The number of aryl methyl sites for hydroxylation is 1. The minimum Gasteiger partial charge on any atom is -0.339 e. The molecular formula is C13H25N3O. The van der Waals surface area contributed by atoms with Crippen molar-refractivity contribution in [2.75, 3.05) is 6.54 Å². The van der Waals surface area contributed by atoms with Crippen molar-refractivity contribution in [1.82, 2.24) is 10.1 Å². The summed E-state index contributed by atoms with van der Waals surface area (Å²) in [6.07, 6.45) is 6.36. The fourth-order valence-electron chi connectivity index (χ4n) is 1.71. The maximum absolute atomic E-state index is 5.44. The van der Waals surface area contributed by atoms with Gasteiger partial charge in [0.05, 0.1) is 0 Å². The number of aromatic nitrogens is 2. The number of rotatable bonds is 7. The van der Waals surface area contributed by atoms with Gasteiger partial charge in [-0.2, -0.15) is 4.98 Å². The average molecular weight is 239 g/mol.